The van der Waals surface area contributed by atoms with Gasteiger partial charge in [-0.15, -0.1) is 11.6 Å². The number of hydrogen-bond acceptors (Lipinski definition) is 7. The molecular formula is C10H13ClN4O4S2. The Balaban J connectivity index is 1.89. The number of thioether (sulfide) groups is 1. The van der Waals surface area contributed by atoms with Crippen molar-refractivity contribution in [2.24, 2.45) is 0 Å². The number of rotatable bonds is 4. The number of anilines is 1. The average molecular weight is 353 g/mol. The Bertz CT molecular complexity index is 705. The molecule has 1 aromatic rings. The first-order valence-electron chi connectivity index (χ1n) is 5.89. The van der Waals surface area contributed by atoms with Crippen molar-refractivity contribution < 1.29 is 13.2 Å². The smallest absolute Gasteiger partial charge is 0.253 e. The van der Waals surface area contributed by atoms with Gasteiger partial charge in [0.15, 0.2) is 15.0 Å². The Morgan fingerprint density at radius 1 is 1.57 bits per heavy atom. The molecule has 0 aromatic carbocycles. The minimum absolute atomic E-state index is 0.0352. The molecule has 2 unspecified atom stereocenters. The predicted octanol–water partition coefficient (Wildman–Crippen LogP) is -1.04. The summed E-state index contributed by atoms with van der Waals surface area (Å²) >= 11 is 6.88. The predicted molar refractivity (Wildman–Crippen MR) is 80.2 cm³/mol. The summed E-state index contributed by atoms with van der Waals surface area (Å²) < 4.78 is 22.8. The lowest BCUT2D eigenvalue weighted by Gasteiger charge is -2.13. The molecule has 1 aliphatic heterocycles. The van der Waals surface area contributed by atoms with E-state index in [4.69, 9.17) is 17.3 Å². The molecule has 8 nitrogen and oxygen atoms in total. The van der Waals surface area contributed by atoms with Gasteiger partial charge in [-0.3, -0.25) is 9.59 Å². The zero-order valence-electron chi connectivity index (χ0n) is 10.7. The topological polar surface area (TPSA) is 135 Å². The lowest BCUT2D eigenvalue weighted by molar-refractivity contribution is -0.119. The highest BCUT2D eigenvalue weighted by Crippen LogP contribution is 2.18. The van der Waals surface area contributed by atoms with Crippen LogP contribution in [0.15, 0.2) is 16.0 Å². The van der Waals surface area contributed by atoms with Gasteiger partial charge >= 0.3 is 0 Å². The molecule has 1 aliphatic rings. The van der Waals surface area contributed by atoms with Crippen LogP contribution in [0.4, 0.5) is 5.82 Å². The van der Waals surface area contributed by atoms with Gasteiger partial charge in [0, 0.05) is 6.07 Å². The summed E-state index contributed by atoms with van der Waals surface area (Å²) in [6.45, 7) is 0. The van der Waals surface area contributed by atoms with Gasteiger partial charge in [-0.25, -0.2) is 13.4 Å². The molecule has 2 heterocycles. The number of nitrogens with zero attached hydrogens (tertiary/aromatic N) is 1. The van der Waals surface area contributed by atoms with E-state index in [9.17, 15) is 18.0 Å². The van der Waals surface area contributed by atoms with Gasteiger partial charge in [0.25, 0.3) is 5.56 Å². The van der Waals surface area contributed by atoms with Crippen molar-refractivity contribution >= 4 is 44.9 Å². The molecule has 0 aliphatic carbocycles. The van der Waals surface area contributed by atoms with E-state index >= 15 is 0 Å². The quantitative estimate of drug-likeness (QED) is 0.358. The largest absolute Gasteiger partial charge is 0.383 e. The highest BCUT2D eigenvalue weighted by molar-refractivity contribution is 7.99. The van der Waals surface area contributed by atoms with Gasteiger partial charge in [0.1, 0.15) is 5.82 Å². The van der Waals surface area contributed by atoms with E-state index in [0.29, 0.717) is 0 Å². The van der Waals surface area contributed by atoms with Crippen LogP contribution >= 0.6 is 23.4 Å². The Hall–Kier alpha value is -1.26. The van der Waals surface area contributed by atoms with Gasteiger partial charge in [-0.2, -0.15) is 0 Å². The molecule has 1 amide bonds. The minimum Gasteiger partial charge on any atom is -0.383 e. The first kappa shape index (κ1) is 16.1. The Morgan fingerprint density at radius 2 is 2.29 bits per heavy atom. The molecule has 1 fully saturated rings. The van der Waals surface area contributed by atoms with Crippen molar-refractivity contribution in [3.05, 3.63) is 16.4 Å². The molecule has 2 rings (SSSR count). The van der Waals surface area contributed by atoms with Crippen molar-refractivity contribution in [2.75, 3.05) is 23.0 Å². The highest BCUT2D eigenvalue weighted by Gasteiger charge is 2.37. The van der Waals surface area contributed by atoms with Crippen LogP contribution in [0.1, 0.15) is 0 Å². The van der Waals surface area contributed by atoms with Crippen molar-refractivity contribution in [2.45, 2.75) is 16.6 Å². The SMILES string of the molecule is Nc1cc(=O)[nH]c(SCC(=O)NC2CS(=O)(=O)CC2Cl)n1. The summed E-state index contributed by atoms with van der Waals surface area (Å²) in [6.07, 6.45) is 0. The Labute approximate surface area is 129 Å². The van der Waals surface area contributed by atoms with Crippen LogP contribution in [0.3, 0.4) is 0 Å². The number of aromatic amines is 1. The van der Waals surface area contributed by atoms with Crippen LogP contribution in [0.25, 0.3) is 0 Å². The third-order valence-corrected chi connectivity index (χ3v) is 5.96. The number of halogens is 1. The van der Waals surface area contributed by atoms with Gasteiger partial charge in [0.2, 0.25) is 5.91 Å². The van der Waals surface area contributed by atoms with E-state index in [1.54, 1.807) is 0 Å². The number of aromatic nitrogens is 2. The second-order valence-corrected chi connectivity index (χ2v) is 8.21. The summed E-state index contributed by atoms with van der Waals surface area (Å²) in [6, 6.07) is 0.531. The molecule has 116 valence electrons. The highest BCUT2D eigenvalue weighted by atomic mass is 35.5. The molecule has 4 N–H and O–H groups in total. The lowest BCUT2D eigenvalue weighted by Crippen LogP contribution is -2.41. The molecule has 0 radical (unpaired) electrons. The normalized spacial score (nSPS) is 23.9. The second kappa shape index (κ2) is 6.24. The summed E-state index contributed by atoms with van der Waals surface area (Å²) in [7, 11) is -3.20. The number of nitrogen functional groups attached to an aromatic ring is 1. The molecular weight excluding hydrogens is 340 g/mol. The van der Waals surface area contributed by atoms with Crippen LogP contribution in [0, 0.1) is 0 Å². The van der Waals surface area contributed by atoms with E-state index < -0.39 is 32.7 Å². The maximum Gasteiger partial charge on any atom is 0.253 e. The Kier molecular flexibility index (Phi) is 4.79. The summed E-state index contributed by atoms with van der Waals surface area (Å²) in [5, 5.41) is 2.15. The summed E-state index contributed by atoms with van der Waals surface area (Å²) in [5.41, 5.74) is 5.01. The number of carbonyl (C=O) groups is 1. The van der Waals surface area contributed by atoms with Gasteiger partial charge in [0.05, 0.1) is 28.7 Å². The third kappa shape index (κ3) is 4.61. The fourth-order valence-corrected chi connectivity index (χ4v) is 5.08. The van der Waals surface area contributed by atoms with Crippen LogP contribution < -0.4 is 16.6 Å². The lowest BCUT2D eigenvalue weighted by atomic mass is 10.2. The summed E-state index contributed by atoms with van der Waals surface area (Å²) in [4.78, 5) is 29.2. The monoisotopic (exact) mass is 352 g/mol. The van der Waals surface area contributed by atoms with E-state index in [2.05, 4.69) is 15.3 Å². The van der Waals surface area contributed by atoms with Gasteiger partial charge < -0.3 is 16.0 Å². The average Bonchev–Trinajstić information content (AvgIpc) is 2.58. The number of nitrogens with one attached hydrogen (secondary N) is 2. The van der Waals surface area contributed by atoms with Crippen LogP contribution in [-0.2, 0) is 14.6 Å². The van der Waals surface area contributed by atoms with Crippen molar-refractivity contribution in [3.63, 3.8) is 0 Å². The number of carbonyl (C=O) groups excluding carboxylic acids is 1. The zero-order valence-corrected chi connectivity index (χ0v) is 13.1. The van der Waals surface area contributed by atoms with E-state index in [1.165, 1.54) is 0 Å². The van der Waals surface area contributed by atoms with Crippen LogP contribution in [-0.4, -0.2) is 53.0 Å². The Morgan fingerprint density at radius 3 is 2.86 bits per heavy atom. The fourth-order valence-electron chi connectivity index (χ4n) is 1.84. The number of sulfone groups is 1. The standard InChI is InChI=1S/C10H13ClN4O4S2/c11-5-3-21(18,19)4-6(5)13-9(17)2-20-10-14-7(12)1-8(16)15-10/h1,5-6H,2-4H2,(H,13,17)(H3,12,14,15,16). The number of H-pyrrole nitrogens is 1. The third-order valence-electron chi connectivity index (χ3n) is 2.71. The molecule has 2 atom stereocenters. The van der Waals surface area contributed by atoms with Gasteiger partial charge in [-0.05, 0) is 0 Å². The summed E-state index contributed by atoms with van der Waals surface area (Å²) in [5.74, 6) is -0.670. The fraction of sp³-hybridized carbons (Fsp3) is 0.500. The minimum atomic E-state index is -3.20. The van der Waals surface area contributed by atoms with Crippen LogP contribution in [0.5, 0.6) is 0 Å². The molecule has 21 heavy (non-hydrogen) atoms. The zero-order chi connectivity index (χ0) is 15.6. The number of hydrogen-bond donors (Lipinski definition) is 3. The number of alkyl halides is 1. The van der Waals surface area contributed by atoms with E-state index in [0.717, 1.165) is 17.8 Å². The first-order valence-corrected chi connectivity index (χ1v) is 9.13. The molecule has 1 aromatic heterocycles. The first-order chi connectivity index (χ1) is 9.75. The van der Waals surface area contributed by atoms with Crippen LogP contribution in [0.2, 0.25) is 0 Å². The number of nitrogens with two attached hydrogens (primary N) is 1. The van der Waals surface area contributed by atoms with Crippen molar-refractivity contribution in [1.82, 2.24) is 15.3 Å². The number of amides is 1. The molecule has 0 spiro atoms. The van der Waals surface area contributed by atoms with Crippen molar-refractivity contribution in [1.29, 1.82) is 0 Å². The van der Waals surface area contributed by atoms with Crippen molar-refractivity contribution in [3.8, 4) is 0 Å². The molecule has 11 heteroatoms. The van der Waals surface area contributed by atoms with E-state index in [-0.39, 0.29) is 28.2 Å². The molecule has 0 bridgehead atoms. The molecule has 1 saturated heterocycles. The second-order valence-electron chi connectivity index (χ2n) is 4.53. The van der Waals surface area contributed by atoms with E-state index in [1.807, 2.05) is 0 Å². The maximum atomic E-state index is 11.8. The maximum absolute atomic E-state index is 11.8. The molecule has 0 saturated carbocycles. The van der Waals surface area contributed by atoms with Gasteiger partial charge in [-0.1, -0.05) is 11.8 Å².